The lowest BCUT2D eigenvalue weighted by Crippen LogP contribution is -2.70. The summed E-state index contributed by atoms with van der Waals surface area (Å²) in [4.78, 5) is 50.1. The van der Waals surface area contributed by atoms with Crippen LogP contribution in [-0.4, -0.2) is 122 Å². The summed E-state index contributed by atoms with van der Waals surface area (Å²) in [5, 5.41) is 8.41. The molecule has 0 aliphatic heterocycles. The standard InChI is InChI=1S/C55H82N6O6/c1-37(2)36-67-54(64)55(42-30-39-29-40(32-42)33-43(55)31-39)56-52(62)46-35-48(51-49(65-8)21-16-22-50(51)66-9)61(57-46)47-24-23-41(34-45(47)38(3)4)53(63)60(7)28-18-26-58(5)25-17-27-59(6)44-19-14-12-10-11-13-15-20-44/h16,21-24,34-35,37-40,42-44H,10-15,17-20,25-33,36H2,1-9H3,(H,56,62). The monoisotopic (exact) mass is 923 g/mol. The molecule has 5 aliphatic carbocycles. The number of ether oxygens (including phenoxy) is 3. The maximum atomic E-state index is 14.8. The number of carbonyl (C=O) groups excluding carboxylic acids is 3. The predicted molar refractivity (Wildman–Crippen MR) is 266 cm³/mol. The van der Waals surface area contributed by atoms with Crippen molar-refractivity contribution < 1.29 is 28.6 Å². The zero-order valence-electron chi connectivity index (χ0n) is 42.4. The van der Waals surface area contributed by atoms with Crippen LogP contribution in [0.3, 0.4) is 0 Å². The van der Waals surface area contributed by atoms with E-state index < -0.39 is 11.4 Å². The van der Waals surface area contributed by atoms with Crippen LogP contribution < -0.4 is 14.8 Å². The Kier molecular flexibility index (Phi) is 17.2. The van der Waals surface area contributed by atoms with Gasteiger partial charge in [-0.3, -0.25) is 9.59 Å². The molecule has 8 rings (SSSR count). The first-order valence-electron chi connectivity index (χ1n) is 25.8. The van der Waals surface area contributed by atoms with Gasteiger partial charge in [-0.15, -0.1) is 0 Å². The Morgan fingerprint density at radius 1 is 0.776 bits per heavy atom. The molecule has 5 saturated carbocycles. The van der Waals surface area contributed by atoms with Gasteiger partial charge in [0.25, 0.3) is 11.8 Å². The fourth-order valence-electron chi connectivity index (χ4n) is 12.3. The minimum Gasteiger partial charge on any atom is -0.496 e. The Hall–Kier alpha value is -4.42. The minimum absolute atomic E-state index is 0.00162. The Morgan fingerprint density at radius 3 is 1.96 bits per heavy atom. The van der Waals surface area contributed by atoms with Crippen molar-refractivity contribution in [1.82, 2.24) is 29.8 Å². The molecule has 1 aromatic heterocycles. The molecule has 5 aliphatic rings. The summed E-state index contributed by atoms with van der Waals surface area (Å²) in [6.07, 6.45) is 17.8. The molecule has 12 nitrogen and oxygen atoms in total. The van der Waals surface area contributed by atoms with Crippen molar-refractivity contribution in [3.63, 3.8) is 0 Å². The number of amides is 2. The van der Waals surface area contributed by atoms with Crippen LogP contribution in [0.4, 0.5) is 0 Å². The fourth-order valence-corrected chi connectivity index (χ4v) is 12.3. The Balaban J connectivity index is 1.09. The molecule has 0 radical (unpaired) electrons. The van der Waals surface area contributed by atoms with E-state index in [4.69, 9.17) is 19.3 Å². The van der Waals surface area contributed by atoms with Gasteiger partial charge in [0.1, 0.15) is 17.0 Å². The maximum Gasteiger partial charge on any atom is 0.332 e. The second-order valence-corrected chi connectivity index (χ2v) is 21.5. The van der Waals surface area contributed by atoms with E-state index in [2.05, 4.69) is 43.1 Å². The lowest BCUT2D eigenvalue weighted by Gasteiger charge is -2.59. The minimum atomic E-state index is -1.11. The lowest BCUT2D eigenvalue weighted by molar-refractivity contribution is -0.171. The maximum absolute atomic E-state index is 14.8. The molecule has 0 spiro atoms. The summed E-state index contributed by atoms with van der Waals surface area (Å²) in [6, 6.07) is 13.8. The normalized spacial score (nSPS) is 23.1. The number of nitrogens with one attached hydrogen (secondary N) is 1. The summed E-state index contributed by atoms with van der Waals surface area (Å²) < 4.78 is 19.6. The molecule has 0 unspecified atom stereocenters. The molecule has 1 N–H and O–H groups in total. The number of hydrogen-bond acceptors (Lipinski definition) is 9. The zero-order chi connectivity index (χ0) is 47.8. The molecule has 12 heteroatoms. The van der Waals surface area contributed by atoms with Crippen molar-refractivity contribution >= 4 is 17.8 Å². The third-order valence-electron chi connectivity index (χ3n) is 15.8. The highest BCUT2D eigenvalue weighted by atomic mass is 16.5. The number of nitrogens with zero attached hydrogens (tertiary/aromatic N) is 5. The van der Waals surface area contributed by atoms with Crippen LogP contribution in [0, 0.1) is 29.6 Å². The molecule has 4 bridgehead atoms. The van der Waals surface area contributed by atoms with Crippen molar-refractivity contribution in [2.45, 2.75) is 142 Å². The molecule has 2 aromatic carbocycles. The summed E-state index contributed by atoms with van der Waals surface area (Å²) in [5.74, 6) is 1.70. The molecule has 2 amide bonds. The second-order valence-electron chi connectivity index (χ2n) is 21.5. The van der Waals surface area contributed by atoms with Crippen molar-refractivity contribution in [2.24, 2.45) is 29.6 Å². The van der Waals surface area contributed by atoms with Crippen molar-refractivity contribution in [1.29, 1.82) is 0 Å². The van der Waals surface area contributed by atoms with Crippen LogP contribution >= 0.6 is 0 Å². The van der Waals surface area contributed by atoms with Crippen molar-refractivity contribution in [3.8, 4) is 28.4 Å². The van der Waals surface area contributed by atoms with E-state index >= 15 is 0 Å². The van der Waals surface area contributed by atoms with Gasteiger partial charge in [-0.25, -0.2) is 9.48 Å². The molecule has 1 heterocycles. The van der Waals surface area contributed by atoms with Gasteiger partial charge in [0.05, 0.1) is 37.8 Å². The number of methoxy groups -OCH3 is 2. The number of aromatic nitrogens is 2. The Bertz CT molecular complexity index is 2090. The van der Waals surface area contributed by atoms with Gasteiger partial charge >= 0.3 is 5.97 Å². The molecule has 67 heavy (non-hydrogen) atoms. The van der Waals surface area contributed by atoms with Crippen LogP contribution in [0.5, 0.6) is 11.5 Å². The van der Waals surface area contributed by atoms with E-state index in [0.717, 1.165) is 69.4 Å². The highest BCUT2D eigenvalue weighted by molar-refractivity contribution is 5.99. The molecular formula is C55H82N6O6. The SMILES string of the molecule is COc1cccc(OC)c1-c1cc(C(=O)NC2(C(=O)OCC(C)C)C3CC4CC(C3)CC2C4)nn1-c1ccc(C(=O)N(C)CCCN(C)CCCN(C)C2CCCCCCCC2)cc1C(C)C. The number of carbonyl (C=O) groups is 3. The van der Waals surface area contributed by atoms with E-state index in [-0.39, 0.29) is 41.2 Å². The van der Waals surface area contributed by atoms with Crippen LogP contribution in [-0.2, 0) is 9.53 Å². The molecule has 0 atom stereocenters. The van der Waals surface area contributed by atoms with Crippen LogP contribution in [0.15, 0.2) is 42.5 Å². The van der Waals surface area contributed by atoms with Gasteiger partial charge in [0, 0.05) is 25.2 Å². The summed E-state index contributed by atoms with van der Waals surface area (Å²) in [7, 11) is 9.62. The average molecular weight is 923 g/mol. The van der Waals surface area contributed by atoms with Crippen molar-refractivity contribution in [2.75, 3.05) is 68.1 Å². The Morgan fingerprint density at radius 2 is 1.37 bits per heavy atom. The van der Waals surface area contributed by atoms with E-state index in [0.29, 0.717) is 59.3 Å². The molecular weight excluding hydrogens is 841 g/mol. The topological polar surface area (TPSA) is 118 Å². The van der Waals surface area contributed by atoms with E-state index in [1.54, 1.807) is 25.0 Å². The zero-order valence-corrected chi connectivity index (χ0v) is 42.4. The number of rotatable bonds is 20. The van der Waals surface area contributed by atoms with E-state index in [1.807, 2.05) is 62.2 Å². The molecule has 368 valence electrons. The number of esters is 1. The quantitative estimate of drug-likeness (QED) is 0.111. The second kappa shape index (κ2) is 22.8. The van der Waals surface area contributed by atoms with Gasteiger partial charge < -0.3 is 34.2 Å². The first-order valence-corrected chi connectivity index (χ1v) is 25.8. The van der Waals surface area contributed by atoms with Gasteiger partial charge in [-0.2, -0.15) is 5.10 Å². The fraction of sp³-hybridized carbons (Fsp3) is 0.673. The average Bonchev–Trinajstić information content (AvgIpc) is 3.81. The van der Waals surface area contributed by atoms with Gasteiger partial charge in [0.2, 0.25) is 0 Å². The van der Waals surface area contributed by atoms with Crippen LogP contribution in [0.25, 0.3) is 16.9 Å². The third kappa shape index (κ3) is 11.5. The predicted octanol–water partition coefficient (Wildman–Crippen LogP) is 10.0. The number of hydrogen-bond donors (Lipinski definition) is 1. The summed E-state index contributed by atoms with van der Waals surface area (Å²) in [6.45, 7) is 12.3. The lowest BCUT2D eigenvalue weighted by atomic mass is 9.48. The van der Waals surface area contributed by atoms with Gasteiger partial charge in [-0.05, 0) is 169 Å². The van der Waals surface area contributed by atoms with Crippen molar-refractivity contribution in [3.05, 3.63) is 59.3 Å². The first-order chi connectivity index (χ1) is 32.2. The highest BCUT2D eigenvalue weighted by Gasteiger charge is 2.63. The van der Waals surface area contributed by atoms with Crippen LogP contribution in [0.1, 0.15) is 156 Å². The molecule has 3 aromatic rings. The summed E-state index contributed by atoms with van der Waals surface area (Å²) >= 11 is 0. The Labute approximate surface area is 401 Å². The largest absolute Gasteiger partial charge is 0.496 e. The smallest absolute Gasteiger partial charge is 0.332 e. The summed E-state index contributed by atoms with van der Waals surface area (Å²) in [5.41, 5.74) is 2.52. The first kappa shape index (κ1) is 50.5. The molecule has 0 saturated heterocycles. The number of benzene rings is 2. The molecule has 5 fully saturated rings. The highest BCUT2D eigenvalue weighted by Crippen LogP contribution is 2.59. The third-order valence-corrected chi connectivity index (χ3v) is 15.8. The van der Waals surface area contributed by atoms with E-state index in [1.165, 1.54) is 57.8 Å². The van der Waals surface area contributed by atoms with Gasteiger partial charge in [-0.1, -0.05) is 72.3 Å². The van der Waals surface area contributed by atoms with E-state index in [9.17, 15) is 14.4 Å². The van der Waals surface area contributed by atoms with Gasteiger partial charge in [0.15, 0.2) is 5.69 Å². The van der Waals surface area contributed by atoms with Crippen LogP contribution in [0.2, 0.25) is 0 Å².